The number of rotatable bonds is 5. The maximum atomic E-state index is 5.33. The van der Waals surface area contributed by atoms with E-state index in [0.717, 1.165) is 18.0 Å². The van der Waals surface area contributed by atoms with Gasteiger partial charge < -0.3 is 10.6 Å². The lowest BCUT2D eigenvalue weighted by atomic mass is 9.90. The van der Waals surface area contributed by atoms with Crippen molar-refractivity contribution < 1.29 is 0 Å². The first-order valence-corrected chi connectivity index (χ1v) is 7.77. The summed E-state index contributed by atoms with van der Waals surface area (Å²) < 4.78 is 0. The van der Waals surface area contributed by atoms with Crippen molar-refractivity contribution in [1.29, 1.82) is 0 Å². The van der Waals surface area contributed by atoms with Gasteiger partial charge in [0.25, 0.3) is 0 Å². The number of hydrogen-bond acceptors (Lipinski definition) is 2. The second-order valence-electron chi connectivity index (χ2n) is 5.29. The summed E-state index contributed by atoms with van der Waals surface area (Å²) in [5.74, 6) is 0. The van der Waals surface area contributed by atoms with E-state index in [1.165, 1.54) is 31.2 Å². The van der Waals surface area contributed by atoms with Gasteiger partial charge in [-0.25, -0.2) is 0 Å². The van der Waals surface area contributed by atoms with E-state index in [1.807, 2.05) is 0 Å². The molecule has 0 aliphatic heterocycles. The molecule has 104 valence electrons. The number of nitrogens with one attached hydrogen (secondary N) is 2. The van der Waals surface area contributed by atoms with Gasteiger partial charge >= 0.3 is 0 Å². The highest BCUT2D eigenvalue weighted by Gasteiger charge is 2.24. The fourth-order valence-corrected chi connectivity index (χ4v) is 2.85. The van der Waals surface area contributed by atoms with Crippen molar-refractivity contribution >= 4 is 17.2 Å². The number of benzene rings is 1. The molecule has 0 bridgehead atoms. The molecule has 0 saturated heterocycles. The van der Waals surface area contributed by atoms with E-state index < -0.39 is 0 Å². The van der Waals surface area contributed by atoms with Crippen molar-refractivity contribution in [3.8, 4) is 0 Å². The smallest absolute Gasteiger partial charge is 0.0753 e. The van der Waals surface area contributed by atoms with Crippen molar-refractivity contribution in [2.75, 3.05) is 0 Å². The van der Waals surface area contributed by atoms with Gasteiger partial charge in [-0.05, 0) is 24.8 Å². The topological polar surface area (TPSA) is 24.1 Å². The van der Waals surface area contributed by atoms with Crippen LogP contribution in [0.2, 0.25) is 0 Å². The zero-order valence-electron chi connectivity index (χ0n) is 11.7. The van der Waals surface area contributed by atoms with E-state index in [0.29, 0.717) is 12.1 Å². The van der Waals surface area contributed by atoms with Crippen molar-refractivity contribution in [2.45, 2.75) is 57.7 Å². The lowest BCUT2D eigenvalue weighted by Gasteiger charge is -2.33. The molecule has 1 aromatic rings. The molecule has 2 nitrogen and oxygen atoms in total. The van der Waals surface area contributed by atoms with Gasteiger partial charge in [-0.3, -0.25) is 0 Å². The van der Waals surface area contributed by atoms with E-state index in [9.17, 15) is 0 Å². The minimum absolute atomic E-state index is 0.505. The highest BCUT2D eigenvalue weighted by molar-refractivity contribution is 7.80. The molecule has 1 saturated carbocycles. The van der Waals surface area contributed by atoms with Crippen LogP contribution in [0.25, 0.3) is 0 Å². The van der Waals surface area contributed by atoms with Crippen LogP contribution in [0.4, 0.5) is 0 Å². The monoisotopic (exact) mass is 276 g/mol. The Bertz CT molecular complexity index is 391. The van der Waals surface area contributed by atoms with Crippen LogP contribution in [0.5, 0.6) is 0 Å². The van der Waals surface area contributed by atoms with Gasteiger partial charge in [0.2, 0.25) is 0 Å². The van der Waals surface area contributed by atoms with Gasteiger partial charge in [0.15, 0.2) is 0 Å². The van der Waals surface area contributed by atoms with Crippen LogP contribution >= 0.6 is 12.2 Å². The third-order valence-electron chi connectivity index (χ3n) is 3.84. The molecule has 2 atom stereocenters. The van der Waals surface area contributed by atoms with Crippen LogP contribution in [0.15, 0.2) is 30.3 Å². The molecular formula is C16H24N2S. The average molecular weight is 276 g/mol. The summed E-state index contributed by atoms with van der Waals surface area (Å²) >= 11 is 5.33. The summed E-state index contributed by atoms with van der Waals surface area (Å²) in [6, 6.07) is 11.7. The standard InChI is InChI=1S/C16H24N2S/c1-2-16(19)18-15-11-7-6-10-14(15)17-12-13-8-4-3-5-9-13/h3-5,8-9,14-15,17H,2,6-7,10-12H2,1H3,(H,18,19)/t14-,15-/m1/s1. The van der Waals surface area contributed by atoms with Gasteiger partial charge in [-0.2, -0.15) is 0 Å². The van der Waals surface area contributed by atoms with Crippen LogP contribution in [0.1, 0.15) is 44.6 Å². The summed E-state index contributed by atoms with van der Waals surface area (Å²) in [6.07, 6.45) is 6.05. The first kappa shape index (κ1) is 14.5. The Kier molecular flexibility index (Phi) is 5.80. The molecule has 3 heteroatoms. The van der Waals surface area contributed by atoms with Crippen molar-refractivity contribution in [3.05, 3.63) is 35.9 Å². The Morgan fingerprint density at radius 2 is 1.84 bits per heavy atom. The molecular weight excluding hydrogens is 252 g/mol. The fraction of sp³-hybridized carbons (Fsp3) is 0.562. The Hall–Kier alpha value is -0.930. The fourth-order valence-electron chi connectivity index (χ4n) is 2.70. The van der Waals surface area contributed by atoms with Gasteiger partial charge in [0.1, 0.15) is 0 Å². The van der Waals surface area contributed by atoms with E-state index in [2.05, 4.69) is 47.9 Å². The number of thiocarbonyl (C=S) groups is 1. The third kappa shape index (κ3) is 4.59. The van der Waals surface area contributed by atoms with Gasteiger partial charge in [0, 0.05) is 18.6 Å². The van der Waals surface area contributed by atoms with E-state index in [4.69, 9.17) is 12.2 Å². The minimum atomic E-state index is 0.505. The van der Waals surface area contributed by atoms with Crippen LogP contribution in [0, 0.1) is 0 Å². The SMILES string of the molecule is CCC(=S)N[C@@H]1CCCC[C@H]1NCc1ccccc1. The molecule has 0 amide bonds. The molecule has 0 unspecified atom stereocenters. The van der Waals surface area contributed by atoms with Crippen LogP contribution in [-0.4, -0.2) is 17.1 Å². The molecule has 1 aliphatic rings. The zero-order valence-corrected chi connectivity index (χ0v) is 12.5. The zero-order chi connectivity index (χ0) is 13.5. The second kappa shape index (κ2) is 7.61. The van der Waals surface area contributed by atoms with Crippen LogP contribution in [-0.2, 0) is 6.54 Å². The quantitative estimate of drug-likeness (QED) is 0.806. The van der Waals surface area contributed by atoms with Crippen molar-refractivity contribution in [3.63, 3.8) is 0 Å². The number of hydrogen-bond donors (Lipinski definition) is 2. The summed E-state index contributed by atoms with van der Waals surface area (Å²) in [7, 11) is 0. The first-order chi connectivity index (χ1) is 9.29. The van der Waals surface area contributed by atoms with E-state index in [-0.39, 0.29) is 0 Å². The molecule has 19 heavy (non-hydrogen) atoms. The predicted molar refractivity (Wildman–Crippen MR) is 85.4 cm³/mol. The van der Waals surface area contributed by atoms with Gasteiger partial charge in [0.05, 0.1) is 4.99 Å². The maximum absolute atomic E-state index is 5.33. The summed E-state index contributed by atoms with van der Waals surface area (Å²) in [5, 5.41) is 7.22. The highest BCUT2D eigenvalue weighted by Crippen LogP contribution is 2.19. The molecule has 0 radical (unpaired) electrons. The molecule has 2 rings (SSSR count). The normalized spacial score (nSPS) is 23.0. The van der Waals surface area contributed by atoms with Crippen LogP contribution in [0.3, 0.4) is 0 Å². The Morgan fingerprint density at radius 3 is 2.53 bits per heavy atom. The highest BCUT2D eigenvalue weighted by atomic mass is 32.1. The van der Waals surface area contributed by atoms with Crippen molar-refractivity contribution in [2.24, 2.45) is 0 Å². The van der Waals surface area contributed by atoms with Crippen LogP contribution < -0.4 is 10.6 Å². The largest absolute Gasteiger partial charge is 0.375 e. The average Bonchev–Trinajstić information content (AvgIpc) is 2.47. The molecule has 1 aliphatic carbocycles. The summed E-state index contributed by atoms with van der Waals surface area (Å²) in [4.78, 5) is 0.999. The lowest BCUT2D eigenvalue weighted by molar-refractivity contribution is 0.307. The van der Waals surface area contributed by atoms with Gasteiger partial charge in [-0.15, -0.1) is 0 Å². The summed E-state index contributed by atoms with van der Waals surface area (Å²) in [5.41, 5.74) is 1.35. The molecule has 2 N–H and O–H groups in total. The Labute approximate surface area is 122 Å². The molecule has 0 aromatic heterocycles. The van der Waals surface area contributed by atoms with Crippen molar-refractivity contribution in [1.82, 2.24) is 10.6 Å². The molecule has 0 heterocycles. The lowest BCUT2D eigenvalue weighted by Crippen LogP contribution is -2.50. The van der Waals surface area contributed by atoms with Gasteiger partial charge in [-0.1, -0.05) is 62.3 Å². The van der Waals surface area contributed by atoms with E-state index >= 15 is 0 Å². The van der Waals surface area contributed by atoms with E-state index in [1.54, 1.807) is 0 Å². The predicted octanol–water partition coefficient (Wildman–Crippen LogP) is 3.41. The maximum Gasteiger partial charge on any atom is 0.0753 e. The molecule has 0 spiro atoms. The Balaban J connectivity index is 1.87. The third-order valence-corrected chi connectivity index (χ3v) is 4.25. The summed E-state index contributed by atoms with van der Waals surface area (Å²) in [6.45, 7) is 3.06. The molecule has 1 aromatic carbocycles. The molecule has 1 fully saturated rings. The first-order valence-electron chi connectivity index (χ1n) is 7.36. The second-order valence-corrected chi connectivity index (χ2v) is 5.78. The minimum Gasteiger partial charge on any atom is -0.375 e. The Morgan fingerprint density at radius 1 is 1.16 bits per heavy atom.